The fourth-order valence-electron chi connectivity index (χ4n) is 3.67. The number of carbonyl (C=O) groups is 1. The van der Waals surface area contributed by atoms with Crippen molar-refractivity contribution in [1.29, 1.82) is 0 Å². The van der Waals surface area contributed by atoms with Crippen molar-refractivity contribution in [1.82, 2.24) is 20.3 Å². The highest BCUT2D eigenvalue weighted by Gasteiger charge is 2.23. The number of rotatable bonds is 6. The second-order valence-electron chi connectivity index (χ2n) is 7.55. The second-order valence-corrected chi connectivity index (χ2v) is 7.55. The molecule has 0 saturated heterocycles. The van der Waals surface area contributed by atoms with Crippen molar-refractivity contribution < 1.29 is 19.0 Å². The molecule has 32 heavy (non-hydrogen) atoms. The summed E-state index contributed by atoms with van der Waals surface area (Å²) in [6, 6.07) is 9.65. The Kier molecular flexibility index (Phi) is 6.29. The van der Waals surface area contributed by atoms with E-state index in [9.17, 15) is 9.18 Å². The lowest BCUT2D eigenvalue weighted by Crippen LogP contribution is -2.39. The van der Waals surface area contributed by atoms with Crippen LogP contribution in [0.1, 0.15) is 25.7 Å². The average molecular weight is 438 g/mol. The minimum absolute atomic E-state index is 0.0222. The number of pyridine rings is 1. The summed E-state index contributed by atoms with van der Waals surface area (Å²) in [6.07, 6.45) is 5.35. The van der Waals surface area contributed by atoms with Crippen LogP contribution in [0, 0.1) is 5.82 Å². The number of nitrogens with one attached hydrogen (secondary N) is 2. The Hall–Kier alpha value is -3.95. The molecule has 1 aromatic carbocycles. The summed E-state index contributed by atoms with van der Waals surface area (Å²) < 4.78 is 19.6. The van der Waals surface area contributed by atoms with E-state index in [1.165, 1.54) is 12.1 Å². The Morgan fingerprint density at radius 1 is 1.09 bits per heavy atom. The van der Waals surface area contributed by atoms with Gasteiger partial charge in [0.15, 0.2) is 0 Å². The highest BCUT2D eigenvalue weighted by atomic mass is 19.1. The van der Waals surface area contributed by atoms with Gasteiger partial charge in [0.25, 0.3) is 0 Å². The molecular formula is C22H23FN6O3. The third-order valence-electron chi connectivity index (χ3n) is 5.28. The van der Waals surface area contributed by atoms with Gasteiger partial charge in [-0.25, -0.2) is 24.1 Å². The molecule has 0 bridgehead atoms. The van der Waals surface area contributed by atoms with Crippen LogP contribution in [0.2, 0.25) is 0 Å². The van der Waals surface area contributed by atoms with Crippen LogP contribution in [0.25, 0.3) is 11.3 Å². The molecule has 1 aliphatic carbocycles. The van der Waals surface area contributed by atoms with E-state index in [-0.39, 0.29) is 29.4 Å². The molecule has 0 unspecified atom stereocenters. The number of aromatic nitrogens is 3. The highest BCUT2D eigenvalue weighted by molar-refractivity contribution is 5.66. The molecule has 2 heterocycles. The van der Waals surface area contributed by atoms with E-state index in [0.717, 1.165) is 25.7 Å². The van der Waals surface area contributed by atoms with E-state index in [1.807, 2.05) is 6.07 Å². The van der Waals surface area contributed by atoms with E-state index in [2.05, 4.69) is 25.6 Å². The van der Waals surface area contributed by atoms with E-state index in [0.29, 0.717) is 17.2 Å². The molecule has 1 amide bonds. The molecule has 2 aromatic heterocycles. The smallest absolute Gasteiger partial charge is 0.404 e. The second kappa shape index (κ2) is 9.46. The van der Waals surface area contributed by atoms with E-state index < -0.39 is 11.9 Å². The standard InChI is InChI=1S/C22H23FN6O3/c23-17-12-15(7-8-18(17)24)32-20-16(2-1-10-25-20)19-9-11-26-21(29-19)27-13-3-5-14(6-4-13)28-22(30)31/h1-2,7-14,28H,3-6,24H2,(H,30,31)(H,26,27,29). The lowest BCUT2D eigenvalue weighted by atomic mass is 9.91. The van der Waals surface area contributed by atoms with Crippen LogP contribution < -0.4 is 21.1 Å². The van der Waals surface area contributed by atoms with Crippen molar-refractivity contribution in [2.45, 2.75) is 37.8 Å². The maximum Gasteiger partial charge on any atom is 0.404 e. The van der Waals surface area contributed by atoms with Crippen molar-refractivity contribution in [2.24, 2.45) is 0 Å². The Bertz CT molecular complexity index is 1100. The third kappa shape index (κ3) is 5.20. The van der Waals surface area contributed by atoms with Gasteiger partial charge in [0, 0.05) is 30.5 Å². The fraction of sp³-hybridized carbons (Fsp3) is 0.273. The molecule has 0 radical (unpaired) electrons. The van der Waals surface area contributed by atoms with Crippen LogP contribution in [0.3, 0.4) is 0 Å². The van der Waals surface area contributed by atoms with Gasteiger partial charge < -0.3 is 26.2 Å². The van der Waals surface area contributed by atoms with Gasteiger partial charge in [0.05, 0.1) is 16.9 Å². The first-order valence-corrected chi connectivity index (χ1v) is 10.3. The molecular weight excluding hydrogens is 415 g/mol. The summed E-state index contributed by atoms with van der Waals surface area (Å²) in [6.45, 7) is 0. The first kappa shape index (κ1) is 21.3. The van der Waals surface area contributed by atoms with Gasteiger partial charge in [-0.2, -0.15) is 0 Å². The molecule has 0 spiro atoms. The Balaban J connectivity index is 1.48. The summed E-state index contributed by atoms with van der Waals surface area (Å²) >= 11 is 0. The number of anilines is 2. The quantitative estimate of drug-likeness (QED) is 0.424. The largest absolute Gasteiger partial charge is 0.465 e. The number of carboxylic acid groups (broad SMARTS) is 1. The molecule has 5 N–H and O–H groups in total. The lowest BCUT2D eigenvalue weighted by molar-refractivity contribution is 0.185. The summed E-state index contributed by atoms with van der Waals surface area (Å²) in [5.41, 5.74) is 6.79. The van der Waals surface area contributed by atoms with E-state index >= 15 is 0 Å². The molecule has 0 aliphatic heterocycles. The van der Waals surface area contributed by atoms with Gasteiger partial charge in [-0.15, -0.1) is 0 Å². The number of ether oxygens (including phenoxy) is 1. The molecule has 9 nitrogen and oxygen atoms in total. The molecule has 1 aliphatic rings. The van der Waals surface area contributed by atoms with Crippen LogP contribution in [-0.2, 0) is 0 Å². The number of hydrogen-bond donors (Lipinski definition) is 4. The van der Waals surface area contributed by atoms with Gasteiger partial charge in [0.2, 0.25) is 11.8 Å². The third-order valence-corrected chi connectivity index (χ3v) is 5.28. The minimum Gasteiger partial charge on any atom is -0.465 e. The first-order valence-electron chi connectivity index (χ1n) is 10.3. The van der Waals surface area contributed by atoms with Crippen molar-refractivity contribution in [3.63, 3.8) is 0 Å². The Morgan fingerprint density at radius 2 is 1.88 bits per heavy atom. The number of nitrogens with two attached hydrogens (primary N) is 1. The van der Waals surface area contributed by atoms with Gasteiger partial charge in [0.1, 0.15) is 11.6 Å². The van der Waals surface area contributed by atoms with Crippen molar-refractivity contribution in [3.8, 4) is 22.9 Å². The highest BCUT2D eigenvalue weighted by Crippen LogP contribution is 2.31. The number of nitrogens with zero attached hydrogens (tertiary/aromatic N) is 3. The van der Waals surface area contributed by atoms with Crippen molar-refractivity contribution in [2.75, 3.05) is 11.1 Å². The maximum atomic E-state index is 13.8. The van der Waals surface area contributed by atoms with Crippen molar-refractivity contribution in [3.05, 3.63) is 54.6 Å². The van der Waals surface area contributed by atoms with Gasteiger partial charge in [-0.05, 0) is 56.0 Å². The van der Waals surface area contributed by atoms with E-state index in [4.69, 9.17) is 15.6 Å². The van der Waals surface area contributed by atoms with Crippen LogP contribution in [0.15, 0.2) is 48.8 Å². The minimum atomic E-state index is -0.992. The normalized spacial score (nSPS) is 18.0. The van der Waals surface area contributed by atoms with E-state index in [1.54, 1.807) is 30.6 Å². The van der Waals surface area contributed by atoms with Crippen LogP contribution in [-0.4, -0.2) is 38.2 Å². The lowest BCUT2D eigenvalue weighted by Gasteiger charge is -2.28. The van der Waals surface area contributed by atoms with Crippen LogP contribution in [0.4, 0.5) is 20.8 Å². The topological polar surface area (TPSA) is 135 Å². The SMILES string of the molecule is Nc1ccc(Oc2ncccc2-c2ccnc(NC3CCC(NC(=O)O)CC3)n2)cc1F. The van der Waals surface area contributed by atoms with Gasteiger partial charge in [-0.1, -0.05) is 0 Å². The molecule has 1 fully saturated rings. The molecule has 166 valence electrons. The molecule has 4 rings (SSSR count). The zero-order valence-corrected chi connectivity index (χ0v) is 17.2. The fourth-order valence-corrected chi connectivity index (χ4v) is 3.67. The first-order chi connectivity index (χ1) is 15.5. The predicted molar refractivity (Wildman–Crippen MR) is 117 cm³/mol. The monoisotopic (exact) mass is 438 g/mol. The number of nitrogen functional groups attached to an aromatic ring is 1. The number of hydrogen-bond acceptors (Lipinski definition) is 7. The average Bonchev–Trinajstić information content (AvgIpc) is 2.78. The van der Waals surface area contributed by atoms with Crippen LogP contribution >= 0.6 is 0 Å². The predicted octanol–water partition coefficient (Wildman–Crippen LogP) is 4.04. The molecule has 3 aromatic rings. The molecule has 1 saturated carbocycles. The summed E-state index contributed by atoms with van der Waals surface area (Å²) in [4.78, 5) is 24.0. The molecule has 10 heteroatoms. The summed E-state index contributed by atoms with van der Waals surface area (Å²) in [7, 11) is 0. The summed E-state index contributed by atoms with van der Waals surface area (Å²) in [5.74, 6) is 0.449. The number of halogens is 1. The number of amides is 1. The number of benzene rings is 1. The van der Waals surface area contributed by atoms with Crippen molar-refractivity contribution >= 4 is 17.7 Å². The summed E-state index contributed by atoms with van der Waals surface area (Å²) in [5, 5.41) is 14.7. The van der Waals surface area contributed by atoms with Crippen LogP contribution in [0.5, 0.6) is 11.6 Å². The van der Waals surface area contributed by atoms with Gasteiger partial charge >= 0.3 is 6.09 Å². The molecule has 0 atom stereocenters. The Morgan fingerprint density at radius 3 is 2.62 bits per heavy atom. The zero-order chi connectivity index (χ0) is 22.5. The Labute approximate surface area is 183 Å². The maximum absolute atomic E-state index is 13.8. The zero-order valence-electron chi connectivity index (χ0n) is 17.2. The van der Waals surface area contributed by atoms with Gasteiger partial charge in [-0.3, -0.25) is 0 Å².